The van der Waals surface area contributed by atoms with Gasteiger partial charge >= 0.3 is 0 Å². The Hall–Kier alpha value is -1.55. The van der Waals surface area contributed by atoms with Crippen LogP contribution < -0.4 is 11.1 Å². The molecule has 0 spiro atoms. The molecule has 1 aromatic heterocycles. The molecule has 0 saturated carbocycles. The van der Waals surface area contributed by atoms with Gasteiger partial charge in [0, 0.05) is 6.54 Å². The monoisotopic (exact) mass is 177 g/mol. The smallest absolute Gasteiger partial charge is 0.292 e. The van der Waals surface area contributed by atoms with Crippen molar-refractivity contribution < 1.29 is 4.42 Å². The highest BCUT2D eigenvalue weighted by Crippen LogP contribution is 2.17. The van der Waals surface area contributed by atoms with Crippen molar-refractivity contribution in [3.63, 3.8) is 0 Å². The quantitative estimate of drug-likeness (QED) is 0.721. The van der Waals surface area contributed by atoms with Crippen molar-refractivity contribution in [1.82, 2.24) is 10.3 Å². The van der Waals surface area contributed by atoms with Gasteiger partial charge in [-0.1, -0.05) is 6.07 Å². The molecule has 13 heavy (non-hydrogen) atoms. The minimum atomic E-state index is 0.219. The van der Waals surface area contributed by atoms with Crippen LogP contribution in [0, 0.1) is 0 Å². The van der Waals surface area contributed by atoms with Crippen LogP contribution in [0.1, 0.15) is 5.56 Å². The van der Waals surface area contributed by atoms with E-state index in [2.05, 4.69) is 10.3 Å². The molecule has 4 nitrogen and oxygen atoms in total. The third kappa shape index (κ3) is 1.48. The Bertz CT molecular complexity index is 422. The lowest BCUT2D eigenvalue weighted by Crippen LogP contribution is -2.04. The summed E-state index contributed by atoms with van der Waals surface area (Å²) >= 11 is 0. The first-order chi connectivity index (χ1) is 6.29. The molecule has 4 heteroatoms. The number of nitrogens with two attached hydrogens (primary N) is 1. The van der Waals surface area contributed by atoms with Crippen LogP contribution in [0.4, 0.5) is 6.01 Å². The summed E-state index contributed by atoms with van der Waals surface area (Å²) in [6.07, 6.45) is 0. The molecule has 68 valence electrons. The van der Waals surface area contributed by atoms with Crippen LogP contribution >= 0.6 is 0 Å². The molecule has 0 fully saturated rings. The van der Waals surface area contributed by atoms with Crippen molar-refractivity contribution >= 4 is 17.1 Å². The number of aromatic nitrogens is 1. The summed E-state index contributed by atoms with van der Waals surface area (Å²) < 4.78 is 5.19. The van der Waals surface area contributed by atoms with Gasteiger partial charge in [0.2, 0.25) is 0 Å². The highest BCUT2D eigenvalue weighted by Gasteiger charge is 2.02. The Balaban J connectivity index is 2.48. The molecule has 0 bridgehead atoms. The van der Waals surface area contributed by atoms with Crippen LogP contribution in [-0.2, 0) is 6.54 Å². The highest BCUT2D eigenvalue weighted by atomic mass is 16.4. The third-order valence-corrected chi connectivity index (χ3v) is 1.85. The Morgan fingerprint density at radius 1 is 1.54 bits per heavy atom. The number of benzene rings is 1. The molecule has 0 amide bonds. The first kappa shape index (κ1) is 8.07. The minimum Gasteiger partial charge on any atom is -0.424 e. The summed E-state index contributed by atoms with van der Waals surface area (Å²) in [5.74, 6) is 0. The lowest BCUT2D eigenvalue weighted by molar-refractivity contribution is 0.625. The second-order valence-electron chi connectivity index (χ2n) is 2.88. The Labute approximate surface area is 75.7 Å². The van der Waals surface area contributed by atoms with Gasteiger partial charge < -0.3 is 15.5 Å². The predicted molar refractivity (Wildman–Crippen MR) is 51.2 cm³/mol. The average molecular weight is 177 g/mol. The van der Waals surface area contributed by atoms with E-state index < -0.39 is 0 Å². The largest absolute Gasteiger partial charge is 0.424 e. The molecular weight excluding hydrogens is 166 g/mol. The van der Waals surface area contributed by atoms with E-state index in [4.69, 9.17) is 10.2 Å². The molecule has 1 heterocycles. The molecule has 2 aromatic rings. The van der Waals surface area contributed by atoms with Gasteiger partial charge in [-0.25, -0.2) is 0 Å². The van der Waals surface area contributed by atoms with Crippen LogP contribution in [0.2, 0.25) is 0 Å². The van der Waals surface area contributed by atoms with Gasteiger partial charge in [-0.05, 0) is 24.7 Å². The summed E-state index contributed by atoms with van der Waals surface area (Å²) in [5, 5.41) is 3.06. The lowest BCUT2D eigenvalue weighted by Gasteiger charge is -1.97. The second-order valence-corrected chi connectivity index (χ2v) is 2.88. The van der Waals surface area contributed by atoms with E-state index in [0.717, 1.165) is 23.2 Å². The zero-order valence-electron chi connectivity index (χ0n) is 7.37. The van der Waals surface area contributed by atoms with Gasteiger partial charge in [0.25, 0.3) is 6.01 Å². The van der Waals surface area contributed by atoms with E-state index in [1.54, 1.807) is 0 Å². The normalized spacial score (nSPS) is 10.8. The van der Waals surface area contributed by atoms with E-state index in [-0.39, 0.29) is 6.01 Å². The summed E-state index contributed by atoms with van der Waals surface area (Å²) in [6, 6.07) is 6.06. The van der Waals surface area contributed by atoms with Crippen LogP contribution in [-0.4, -0.2) is 12.0 Å². The molecule has 0 radical (unpaired) electrons. The predicted octanol–water partition coefficient (Wildman–Crippen LogP) is 1.13. The fourth-order valence-corrected chi connectivity index (χ4v) is 1.30. The van der Waals surface area contributed by atoms with Crippen molar-refractivity contribution in [2.75, 3.05) is 12.8 Å². The number of nitrogens with one attached hydrogen (secondary N) is 1. The molecule has 0 atom stereocenters. The first-order valence-corrected chi connectivity index (χ1v) is 4.09. The Morgan fingerprint density at radius 2 is 2.38 bits per heavy atom. The van der Waals surface area contributed by atoms with E-state index in [9.17, 15) is 0 Å². The standard InChI is InChI=1S/C9H11N3O/c1-11-5-6-2-3-7-8(4-6)13-9(10)12-7/h2-4,11H,5H2,1H3,(H2,10,12). The van der Waals surface area contributed by atoms with Crippen molar-refractivity contribution in [1.29, 1.82) is 0 Å². The van der Waals surface area contributed by atoms with E-state index in [1.165, 1.54) is 0 Å². The third-order valence-electron chi connectivity index (χ3n) is 1.85. The van der Waals surface area contributed by atoms with Crippen molar-refractivity contribution in [3.05, 3.63) is 23.8 Å². The van der Waals surface area contributed by atoms with Crippen LogP contribution in [0.15, 0.2) is 22.6 Å². The number of fused-ring (bicyclic) bond motifs is 1. The molecule has 2 rings (SSSR count). The first-order valence-electron chi connectivity index (χ1n) is 4.09. The molecular formula is C9H11N3O. The number of rotatable bonds is 2. The van der Waals surface area contributed by atoms with Crippen LogP contribution in [0.3, 0.4) is 0 Å². The highest BCUT2D eigenvalue weighted by molar-refractivity contribution is 5.74. The summed E-state index contributed by atoms with van der Waals surface area (Å²) in [5.41, 5.74) is 8.12. The maximum absolute atomic E-state index is 5.42. The summed E-state index contributed by atoms with van der Waals surface area (Å²) in [6.45, 7) is 0.816. The molecule has 3 N–H and O–H groups in total. The number of nitrogen functional groups attached to an aromatic ring is 1. The molecule has 0 unspecified atom stereocenters. The number of oxazole rings is 1. The maximum Gasteiger partial charge on any atom is 0.292 e. The number of hydrogen-bond donors (Lipinski definition) is 2. The fourth-order valence-electron chi connectivity index (χ4n) is 1.30. The topological polar surface area (TPSA) is 64.1 Å². The average Bonchev–Trinajstić information content (AvgIpc) is 2.44. The SMILES string of the molecule is CNCc1ccc2nc(N)oc2c1. The summed E-state index contributed by atoms with van der Waals surface area (Å²) in [7, 11) is 1.90. The molecule has 0 saturated heterocycles. The van der Waals surface area contributed by atoms with Gasteiger partial charge in [-0.15, -0.1) is 0 Å². The van der Waals surface area contributed by atoms with Gasteiger partial charge in [0.05, 0.1) is 0 Å². The van der Waals surface area contributed by atoms with Gasteiger partial charge in [0.1, 0.15) is 5.52 Å². The van der Waals surface area contributed by atoms with Crippen molar-refractivity contribution in [2.24, 2.45) is 0 Å². The van der Waals surface area contributed by atoms with E-state index in [0.29, 0.717) is 0 Å². The van der Waals surface area contributed by atoms with Gasteiger partial charge in [0.15, 0.2) is 5.58 Å². The maximum atomic E-state index is 5.42. The van der Waals surface area contributed by atoms with Gasteiger partial charge in [-0.2, -0.15) is 4.98 Å². The zero-order valence-corrected chi connectivity index (χ0v) is 7.37. The summed E-state index contributed by atoms with van der Waals surface area (Å²) in [4.78, 5) is 4.01. The van der Waals surface area contributed by atoms with Crippen molar-refractivity contribution in [2.45, 2.75) is 6.54 Å². The number of anilines is 1. The van der Waals surface area contributed by atoms with Crippen LogP contribution in [0.5, 0.6) is 0 Å². The minimum absolute atomic E-state index is 0.219. The van der Waals surface area contributed by atoms with Gasteiger partial charge in [-0.3, -0.25) is 0 Å². The number of nitrogens with zero attached hydrogens (tertiary/aromatic N) is 1. The van der Waals surface area contributed by atoms with E-state index >= 15 is 0 Å². The second kappa shape index (κ2) is 3.06. The van der Waals surface area contributed by atoms with Crippen LogP contribution in [0.25, 0.3) is 11.1 Å². The zero-order chi connectivity index (χ0) is 9.26. The Kier molecular flexibility index (Phi) is 1.90. The van der Waals surface area contributed by atoms with Crippen molar-refractivity contribution in [3.8, 4) is 0 Å². The Morgan fingerprint density at radius 3 is 3.15 bits per heavy atom. The number of hydrogen-bond acceptors (Lipinski definition) is 4. The molecule has 0 aliphatic rings. The van der Waals surface area contributed by atoms with E-state index in [1.807, 2.05) is 25.2 Å². The molecule has 0 aliphatic carbocycles. The lowest BCUT2D eigenvalue weighted by atomic mass is 10.2. The molecule has 0 aliphatic heterocycles. The molecule has 1 aromatic carbocycles. The fraction of sp³-hybridized carbons (Fsp3) is 0.222.